The Labute approximate surface area is 313 Å². The lowest BCUT2D eigenvalue weighted by Crippen LogP contribution is -2.69. The summed E-state index contributed by atoms with van der Waals surface area (Å²) in [5, 5.41) is 24.4. The lowest BCUT2D eigenvalue weighted by atomic mass is 9.55. The zero-order valence-electron chi connectivity index (χ0n) is 31.8. The van der Waals surface area contributed by atoms with Crippen LogP contribution in [0.15, 0.2) is 71.9 Å². The SMILES string of the molecule is C=CCO[C@@]12Oc3ccc(Oc4cccc(C=O)c4)cc3[C@H]3[C@H](CCCCO)[C@@H](CCCCO)C=C(C(=NOC(C)(C)C)C[C@@H]1N(C)C(=O)OCC)[C@H]32. The molecular formula is C42H56N2O9. The summed E-state index contributed by atoms with van der Waals surface area (Å²) in [6.45, 7) is 12.1. The van der Waals surface area contributed by atoms with E-state index in [1.807, 2.05) is 45.0 Å². The first-order valence-electron chi connectivity index (χ1n) is 18.9. The van der Waals surface area contributed by atoms with Crippen LogP contribution in [0.25, 0.3) is 0 Å². The Bertz CT molecular complexity index is 1650. The van der Waals surface area contributed by atoms with Crippen LogP contribution < -0.4 is 9.47 Å². The van der Waals surface area contributed by atoms with Gasteiger partial charge in [-0.15, -0.1) is 6.58 Å². The molecule has 11 heteroatoms. The van der Waals surface area contributed by atoms with Crippen molar-refractivity contribution in [2.75, 3.05) is 33.5 Å². The summed E-state index contributed by atoms with van der Waals surface area (Å²) in [4.78, 5) is 32.8. The number of amides is 1. The van der Waals surface area contributed by atoms with E-state index in [4.69, 9.17) is 28.9 Å². The second kappa shape index (κ2) is 17.8. The van der Waals surface area contributed by atoms with E-state index in [1.54, 1.807) is 43.1 Å². The Hall–Kier alpha value is -4.19. The lowest BCUT2D eigenvalue weighted by molar-refractivity contribution is -0.253. The fraction of sp³-hybridized carbons (Fsp3) is 0.548. The molecule has 6 atom stereocenters. The smallest absolute Gasteiger partial charge is 0.409 e. The molecule has 3 aliphatic rings. The molecule has 0 spiro atoms. The summed E-state index contributed by atoms with van der Waals surface area (Å²) in [6.07, 6.45) is 9.16. The molecule has 1 heterocycles. The number of ether oxygens (including phenoxy) is 4. The molecule has 0 aromatic heterocycles. The molecule has 2 N–H and O–H groups in total. The van der Waals surface area contributed by atoms with Crippen molar-refractivity contribution in [3.05, 3.63) is 77.9 Å². The van der Waals surface area contributed by atoms with Crippen molar-refractivity contribution in [1.82, 2.24) is 4.90 Å². The van der Waals surface area contributed by atoms with Crippen LogP contribution in [0.3, 0.4) is 0 Å². The van der Waals surface area contributed by atoms with Crippen molar-refractivity contribution in [1.29, 1.82) is 0 Å². The number of oxime groups is 1. The van der Waals surface area contributed by atoms with Gasteiger partial charge in [-0.2, -0.15) is 0 Å². The van der Waals surface area contributed by atoms with E-state index in [9.17, 15) is 19.8 Å². The minimum Gasteiger partial charge on any atom is -0.459 e. The van der Waals surface area contributed by atoms with Crippen molar-refractivity contribution >= 4 is 18.1 Å². The molecule has 2 aliphatic carbocycles. The van der Waals surface area contributed by atoms with Crippen molar-refractivity contribution in [2.45, 2.75) is 96.0 Å². The Kier molecular flexibility index (Phi) is 13.4. The maximum atomic E-state index is 13.6. The molecular weight excluding hydrogens is 676 g/mol. The molecule has 5 rings (SSSR count). The summed E-state index contributed by atoms with van der Waals surface area (Å²) in [7, 11) is 1.70. The molecule has 0 unspecified atom stereocenters. The standard InChI is InChI=1S/C42H56N2O9/c1-7-22-50-42-37(44(6)40(48)49-8-2)26-35(43-53-41(3,4)5)33-24-29(15-9-11-20-45)32(17-10-12-21-46)38(39(33)42)34-25-31(18-19-36(34)52-42)51-30-16-13-14-28(23-30)27-47/h7,13-14,16,18-19,23-25,27,29,32,37-39,45-46H,1,8-12,15,17,20-22,26H2,2-6H3/t29-,32+,37-,38+,39+,42+/m0/s1. The summed E-state index contributed by atoms with van der Waals surface area (Å²) in [5.41, 5.74) is 2.51. The Morgan fingerprint density at radius 3 is 2.49 bits per heavy atom. The first kappa shape index (κ1) is 40.0. The highest BCUT2D eigenvalue weighted by molar-refractivity contribution is 6.03. The van der Waals surface area contributed by atoms with Gasteiger partial charge >= 0.3 is 6.09 Å². The van der Waals surface area contributed by atoms with E-state index in [0.29, 0.717) is 41.4 Å². The highest BCUT2D eigenvalue weighted by Crippen LogP contribution is 2.62. The summed E-state index contributed by atoms with van der Waals surface area (Å²) in [6, 6.07) is 12.1. The molecule has 0 bridgehead atoms. The van der Waals surface area contributed by atoms with Crippen molar-refractivity contribution in [3.8, 4) is 17.2 Å². The molecule has 1 aliphatic heterocycles. The van der Waals surface area contributed by atoms with Gasteiger partial charge in [0.2, 0.25) is 5.79 Å². The van der Waals surface area contributed by atoms with Gasteiger partial charge in [0, 0.05) is 43.7 Å². The second-order valence-corrected chi connectivity index (χ2v) is 15.1. The predicted octanol–water partition coefficient (Wildman–Crippen LogP) is 7.81. The van der Waals surface area contributed by atoms with E-state index in [-0.39, 0.29) is 50.6 Å². The molecule has 0 radical (unpaired) electrons. The number of carbonyl (C=O) groups is 2. The van der Waals surface area contributed by atoms with Gasteiger partial charge in [0.1, 0.15) is 35.2 Å². The minimum absolute atomic E-state index is 0.0634. The number of carbonyl (C=O) groups excluding carboxylic acids is 2. The maximum Gasteiger partial charge on any atom is 0.409 e. The highest BCUT2D eigenvalue weighted by Gasteiger charge is 2.65. The molecule has 11 nitrogen and oxygen atoms in total. The van der Waals surface area contributed by atoms with E-state index in [0.717, 1.165) is 43.1 Å². The zero-order chi connectivity index (χ0) is 38.2. The Morgan fingerprint density at radius 1 is 1.08 bits per heavy atom. The number of allylic oxidation sites excluding steroid dienone is 1. The number of rotatable bonds is 17. The number of nitrogens with zero attached hydrogens (tertiary/aromatic N) is 2. The van der Waals surface area contributed by atoms with Crippen LogP contribution in [0, 0.1) is 17.8 Å². The van der Waals surface area contributed by atoms with Crippen LogP contribution in [-0.4, -0.2) is 84.1 Å². The van der Waals surface area contributed by atoms with Crippen LogP contribution in [-0.2, 0) is 14.3 Å². The fourth-order valence-electron chi connectivity index (χ4n) is 8.12. The third-order valence-corrected chi connectivity index (χ3v) is 10.3. The summed E-state index contributed by atoms with van der Waals surface area (Å²) >= 11 is 0. The van der Waals surface area contributed by atoms with Crippen LogP contribution >= 0.6 is 0 Å². The number of likely N-dealkylation sites (N-methyl/N-ethyl adjacent to an activating group) is 1. The first-order chi connectivity index (χ1) is 25.5. The van der Waals surface area contributed by atoms with Gasteiger partial charge in [-0.05, 0) is 101 Å². The fourth-order valence-corrected chi connectivity index (χ4v) is 8.12. The maximum absolute atomic E-state index is 13.6. The average molecular weight is 733 g/mol. The molecule has 288 valence electrons. The molecule has 1 fully saturated rings. The normalized spacial score (nSPS) is 25.3. The quantitative estimate of drug-likeness (QED) is 0.0722. The van der Waals surface area contributed by atoms with Gasteiger partial charge in [0.15, 0.2) is 0 Å². The van der Waals surface area contributed by atoms with Gasteiger partial charge in [-0.3, -0.25) is 4.79 Å². The Balaban J connectivity index is 1.77. The second-order valence-electron chi connectivity index (χ2n) is 15.1. The third kappa shape index (κ3) is 8.96. The van der Waals surface area contributed by atoms with Crippen molar-refractivity contribution < 1.29 is 43.6 Å². The van der Waals surface area contributed by atoms with Crippen LogP contribution in [0.2, 0.25) is 0 Å². The highest BCUT2D eigenvalue weighted by atomic mass is 16.7. The van der Waals surface area contributed by atoms with Gasteiger partial charge in [-0.25, -0.2) is 4.79 Å². The van der Waals surface area contributed by atoms with E-state index in [2.05, 4.69) is 12.7 Å². The van der Waals surface area contributed by atoms with E-state index in [1.165, 1.54) is 0 Å². The number of unbranched alkanes of at least 4 members (excludes halogenated alkanes) is 2. The molecule has 1 saturated carbocycles. The molecule has 2 aromatic rings. The number of aliphatic hydroxyl groups excluding tert-OH is 2. The summed E-state index contributed by atoms with van der Waals surface area (Å²) < 4.78 is 25.9. The predicted molar refractivity (Wildman–Crippen MR) is 202 cm³/mol. The van der Waals surface area contributed by atoms with Gasteiger partial charge < -0.3 is 38.9 Å². The first-order valence-corrected chi connectivity index (χ1v) is 18.9. The Morgan fingerprint density at radius 2 is 1.81 bits per heavy atom. The minimum atomic E-state index is -1.37. The van der Waals surface area contributed by atoms with Crippen LogP contribution in [0.1, 0.15) is 94.5 Å². The number of aldehydes is 1. The van der Waals surface area contributed by atoms with Crippen molar-refractivity contribution in [2.24, 2.45) is 22.9 Å². The number of hydrogen-bond donors (Lipinski definition) is 2. The molecule has 1 amide bonds. The average Bonchev–Trinajstić information content (AvgIpc) is 3.14. The molecule has 2 aromatic carbocycles. The van der Waals surface area contributed by atoms with E-state index < -0.39 is 29.4 Å². The topological polar surface area (TPSA) is 136 Å². The van der Waals surface area contributed by atoms with Crippen molar-refractivity contribution in [3.63, 3.8) is 0 Å². The largest absolute Gasteiger partial charge is 0.459 e. The monoisotopic (exact) mass is 732 g/mol. The van der Waals surface area contributed by atoms with Gasteiger partial charge in [-0.1, -0.05) is 42.3 Å². The van der Waals surface area contributed by atoms with Gasteiger partial charge in [0.25, 0.3) is 0 Å². The number of fused-ring (bicyclic) bond motifs is 2. The van der Waals surface area contributed by atoms with Crippen LogP contribution in [0.4, 0.5) is 4.79 Å². The molecule has 0 saturated heterocycles. The molecule has 53 heavy (non-hydrogen) atoms. The number of benzene rings is 2. The van der Waals surface area contributed by atoms with Gasteiger partial charge in [0.05, 0.1) is 24.8 Å². The zero-order valence-corrected chi connectivity index (χ0v) is 31.8. The van der Waals surface area contributed by atoms with E-state index >= 15 is 0 Å². The summed E-state index contributed by atoms with van der Waals surface area (Å²) in [5.74, 6) is -0.145. The number of hydrogen-bond acceptors (Lipinski definition) is 10. The number of aliphatic hydroxyl groups is 2. The lowest BCUT2D eigenvalue weighted by Gasteiger charge is -2.59. The third-order valence-electron chi connectivity index (χ3n) is 10.3. The van der Waals surface area contributed by atoms with Crippen LogP contribution in [0.5, 0.6) is 17.2 Å².